The largest absolute Gasteiger partial charge is 0.338 e. The Hall–Kier alpha value is -0.940. The van der Waals surface area contributed by atoms with Crippen molar-refractivity contribution in [3.63, 3.8) is 0 Å². The highest BCUT2D eigenvalue weighted by Crippen LogP contribution is 2.17. The first kappa shape index (κ1) is 12.5. The third kappa shape index (κ3) is 3.04. The molecule has 0 bridgehead atoms. The molecule has 1 amide bonds. The zero-order chi connectivity index (χ0) is 12.3. The van der Waals surface area contributed by atoms with Gasteiger partial charge in [-0.25, -0.2) is 4.98 Å². The van der Waals surface area contributed by atoms with Crippen LogP contribution in [0.25, 0.3) is 0 Å². The van der Waals surface area contributed by atoms with Gasteiger partial charge in [0.25, 0.3) is 0 Å². The molecule has 0 saturated carbocycles. The van der Waals surface area contributed by atoms with Crippen LogP contribution in [0.1, 0.15) is 25.5 Å². The molecule has 1 aliphatic heterocycles. The van der Waals surface area contributed by atoms with Gasteiger partial charge in [-0.1, -0.05) is 6.92 Å². The predicted octanol–water partition coefficient (Wildman–Crippen LogP) is 1.49. The van der Waals surface area contributed by atoms with E-state index in [0.29, 0.717) is 12.5 Å². The summed E-state index contributed by atoms with van der Waals surface area (Å²) in [6, 6.07) is -0.0209. The van der Waals surface area contributed by atoms with Gasteiger partial charge in [-0.15, -0.1) is 11.3 Å². The van der Waals surface area contributed by atoms with Crippen molar-refractivity contribution in [2.24, 2.45) is 5.92 Å². The summed E-state index contributed by atoms with van der Waals surface area (Å²) in [5.41, 5.74) is 2.77. The number of hydrogen-bond donors (Lipinski definition) is 1. The van der Waals surface area contributed by atoms with Crippen LogP contribution in [0.4, 0.5) is 0 Å². The molecule has 1 aromatic rings. The van der Waals surface area contributed by atoms with Crippen LogP contribution in [0.15, 0.2) is 10.9 Å². The number of nitrogens with one attached hydrogen (secondary N) is 1. The van der Waals surface area contributed by atoms with E-state index in [4.69, 9.17) is 0 Å². The number of thiazole rings is 1. The van der Waals surface area contributed by atoms with Gasteiger partial charge in [0.15, 0.2) is 0 Å². The van der Waals surface area contributed by atoms with E-state index in [1.165, 1.54) is 6.42 Å². The maximum absolute atomic E-state index is 12.3. The molecule has 2 heterocycles. The van der Waals surface area contributed by atoms with Gasteiger partial charge in [0, 0.05) is 12.4 Å². The van der Waals surface area contributed by atoms with Gasteiger partial charge in [-0.05, 0) is 25.3 Å². The van der Waals surface area contributed by atoms with E-state index in [0.717, 1.165) is 18.7 Å². The quantitative estimate of drug-likeness (QED) is 0.887. The molecule has 2 unspecified atom stereocenters. The van der Waals surface area contributed by atoms with Crippen molar-refractivity contribution < 1.29 is 4.79 Å². The average molecular weight is 253 g/mol. The summed E-state index contributed by atoms with van der Waals surface area (Å²) in [6.07, 6.45) is 2.30. The van der Waals surface area contributed by atoms with Gasteiger partial charge in [0.1, 0.15) is 0 Å². The van der Waals surface area contributed by atoms with Gasteiger partial charge >= 0.3 is 0 Å². The highest BCUT2D eigenvalue weighted by Gasteiger charge is 2.29. The van der Waals surface area contributed by atoms with Crippen LogP contribution in [0.5, 0.6) is 0 Å². The summed E-state index contributed by atoms with van der Waals surface area (Å²) in [7, 11) is 1.85. The normalized spacial score (nSPS) is 24.6. The van der Waals surface area contributed by atoms with Gasteiger partial charge in [0.2, 0.25) is 5.91 Å². The molecule has 1 saturated heterocycles. The Labute approximate surface area is 106 Å². The summed E-state index contributed by atoms with van der Waals surface area (Å²) in [5.74, 6) is 0.610. The third-order valence-corrected chi connectivity index (χ3v) is 3.93. The molecule has 17 heavy (non-hydrogen) atoms. The van der Waals surface area contributed by atoms with Crippen molar-refractivity contribution >= 4 is 17.2 Å². The fourth-order valence-corrected chi connectivity index (χ4v) is 2.80. The van der Waals surface area contributed by atoms with Crippen LogP contribution in [0.3, 0.4) is 0 Å². The smallest absolute Gasteiger partial charge is 0.240 e. The number of carbonyl (C=O) groups is 1. The lowest BCUT2D eigenvalue weighted by molar-refractivity contribution is -0.134. The first-order valence-electron chi connectivity index (χ1n) is 6.04. The molecule has 1 fully saturated rings. The summed E-state index contributed by atoms with van der Waals surface area (Å²) in [4.78, 5) is 18.3. The van der Waals surface area contributed by atoms with Crippen LogP contribution in [0.2, 0.25) is 0 Å². The molecule has 0 aromatic carbocycles. The number of piperidine rings is 1. The maximum Gasteiger partial charge on any atom is 0.240 e. The van der Waals surface area contributed by atoms with E-state index in [1.807, 2.05) is 12.4 Å². The van der Waals surface area contributed by atoms with Crippen molar-refractivity contribution in [1.29, 1.82) is 0 Å². The van der Waals surface area contributed by atoms with Crippen molar-refractivity contribution in [2.75, 3.05) is 13.6 Å². The number of carbonyl (C=O) groups excluding carboxylic acids is 1. The minimum absolute atomic E-state index is 0.0209. The fraction of sp³-hybridized carbons (Fsp3) is 0.667. The van der Waals surface area contributed by atoms with Gasteiger partial charge in [-0.2, -0.15) is 0 Å². The minimum atomic E-state index is -0.0209. The summed E-state index contributed by atoms with van der Waals surface area (Å²) >= 11 is 1.56. The Morgan fingerprint density at radius 1 is 1.71 bits per heavy atom. The number of likely N-dealkylation sites (N-methyl/N-ethyl adjacent to an activating group) is 1. The van der Waals surface area contributed by atoms with Crippen LogP contribution in [-0.4, -0.2) is 35.4 Å². The molecule has 2 atom stereocenters. The SMILES string of the molecule is CC1CCCNC1C(=O)N(C)Cc1cscn1. The zero-order valence-electron chi connectivity index (χ0n) is 10.3. The summed E-state index contributed by atoms with van der Waals surface area (Å²) in [5, 5.41) is 5.31. The Morgan fingerprint density at radius 3 is 3.18 bits per heavy atom. The second-order valence-electron chi connectivity index (χ2n) is 4.73. The van der Waals surface area contributed by atoms with E-state index in [2.05, 4.69) is 17.2 Å². The second-order valence-corrected chi connectivity index (χ2v) is 5.44. The Kier molecular flexibility index (Phi) is 4.12. The summed E-state index contributed by atoms with van der Waals surface area (Å²) in [6.45, 7) is 3.70. The lowest BCUT2D eigenvalue weighted by Gasteiger charge is -2.32. The molecule has 94 valence electrons. The number of amides is 1. The number of rotatable bonds is 3. The molecule has 5 heteroatoms. The van der Waals surface area contributed by atoms with Crippen molar-refractivity contribution in [2.45, 2.75) is 32.4 Å². The van der Waals surface area contributed by atoms with Crippen molar-refractivity contribution in [3.05, 3.63) is 16.6 Å². The number of nitrogens with zero attached hydrogens (tertiary/aromatic N) is 2. The van der Waals surface area contributed by atoms with E-state index in [9.17, 15) is 4.79 Å². The van der Waals surface area contributed by atoms with Gasteiger partial charge < -0.3 is 10.2 Å². The monoisotopic (exact) mass is 253 g/mol. The van der Waals surface area contributed by atoms with Crippen molar-refractivity contribution in [1.82, 2.24) is 15.2 Å². The molecule has 1 N–H and O–H groups in total. The lowest BCUT2D eigenvalue weighted by Crippen LogP contribution is -2.51. The molecule has 2 rings (SSSR count). The molecule has 1 aromatic heterocycles. The highest BCUT2D eigenvalue weighted by molar-refractivity contribution is 7.07. The Bertz CT molecular complexity index is 366. The fourth-order valence-electron chi connectivity index (χ4n) is 2.25. The van der Waals surface area contributed by atoms with E-state index < -0.39 is 0 Å². The predicted molar refractivity (Wildman–Crippen MR) is 68.8 cm³/mol. The van der Waals surface area contributed by atoms with Crippen LogP contribution in [0, 0.1) is 5.92 Å². The first-order chi connectivity index (χ1) is 8.18. The van der Waals surface area contributed by atoms with Crippen LogP contribution < -0.4 is 5.32 Å². The molecular weight excluding hydrogens is 234 g/mol. The van der Waals surface area contributed by atoms with Crippen LogP contribution >= 0.6 is 11.3 Å². The van der Waals surface area contributed by atoms with E-state index in [-0.39, 0.29) is 11.9 Å². The Morgan fingerprint density at radius 2 is 2.53 bits per heavy atom. The minimum Gasteiger partial charge on any atom is -0.338 e. The number of aromatic nitrogens is 1. The molecule has 0 aliphatic carbocycles. The van der Waals surface area contributed by atoms with Gasteiger partial charge in [-0.3, -0.25) is 4.79 Å². The molecule has 4 nitrogen and oxygen atoms in total. The second kappa shape index (κ2) is 5.60. The lowest BCUT2D eigenvalue weighted by atomic mass is 9.92. The zero-order valence-corrected chi connectivity index (χ0v) is 11.2. The third-order valence-electron chi connectivity index (χ3n) is 3.29. The van der Waals surface area contributed by atoms with Crippen LogP contribution in [-0.2, 0) is 11.3 Å². The topological polar surface area (TPSA) is 45.2 Å². The highest BCUT2D eigenvalue weighted by atomic mass is 32.1. The number of hydrogen-bond acceptors (Lipinski definition) is 4. The standard InChI is InChI=1S/C12H19N3OS/c1-9-4-3-5-13-11(9)12(16)15(2)6-10-7-17-8-14-10/h7-9,11,13H,3-6H2,1-2H3. The molecule has 1 aliphatic rings. The van der Waals surface area contributed by atoms with Crippen molar-refractivity contribution in [3.8, 4) is 0 Å². The first-order valence-corrected chi connectivity index (χ1v) is 6.98. The molecule has 0 radical (unpaired) electrons. The van der Waals surface area contributed by atoms with Gasteiger partial charge in [0.05, 0.1) is 23.8 Å². The van der Waals surface area contributed by atoms with E-state index >= 15 is 0 Å². The molecule has 0 spiro atoms. The summed E-state index contributed by atoms with van der Waals surface area (Å²) < 4.78 is 0. The van der Waals surface area contributed by atoms with E-state index in [1.54, 1.807) is 21.7 Å². The maximum atomic E-state index is 12.3. The Balaban J connectivity index is 1.94. The average Bonchev–Trinajstić information content (AvgIpc) is 2.81. The molecular formula is C12H19N3OS.